The van der Waals surface area contributed by atoms with E-state index in [1.54, 1.807) is 0 Å². The van der Waals surface area contributed by atoms with E-state index < -0.39 is 21.7 Å². The van der Waals surface area contributed by atoms with E-state index in [0.717, 1.165) is 25.7 Å². The largest absolute Gasteiger partial charge is 0.507 e. The second-order valence-electron chi connectivity index (χ2n) is 4.86. The summed E-state index contributed by atoms with van der Waals surface area (Å²) in [6.07, 6.45) is 1.16. The number of anilines is 1. The minimum Gasteiger partial charge on any atom is -0.507 e. The number of benzene rings is 1. The van der Waals surface area contributed by atoms with E-state index in [4.69, 9.17) is 16.3 Å². The van der Waals surface area contributed by atoms with E-state index in [1.807, 2.05) is 0 Å². The van der Waals surface area contributed by atoms with Crippen molar-refractivity contribution in [2.75, 3.05) is 24.2 Å². The van der Waals surface area contributed by atoms with Crippen molar-refractivity contribution in [3.05, 3.63) is 22.7 Å². The van der Waals surface area contributed by atoms with E-state index in [-0.39, 0.29) is 28.1 Å². The maximum absolute atomic E-state index is 12.1. The van der Waals surface area contributed by atoms with Crippen LogP contribution in [0.2, 0.25) is 5.02 Å². The van der Waals surface area contributed by atoms with Crippen LogP contribution in [0.25, 0.3) is 0 Å². The van der Waals surface area contributed by atoms with Crippen LogP contribution >= 0.6 is 11.6 Å². The molecule has 1 unspecified atom stereocenters. The zero-order valence-corrected chi connectivity index (χ0v) is 13.4. The lowest BCUT2D eigenvalue weighted by Crippen LogP contribution is -2.25. The van der Waals surface area contributed by atoms with Crippen LogP contribution in [0.15, 0.2) is 12.1 Å². The van der Waals surface area contributed by atoms with Crippen molar-refractivity contribution >= 4 is 33.3 Å². The van der Waals surface area contributed by atoms with Gasteiger partial charge >= 0.3 is 5.97 Å². The number of rotatable bonds is 5. The van der Waals surface area contributed by atoms with Crippen molar-refractivity contribution in [3.8, 4) is 5.75 Å². The third-order valence-electron chi connectivity index (χ3n) is 3.19. The van der Waals surface area contributed by atoms with Crippen LogP contribution in [0.5, 0.6) is 5.75 Å². The lowest BCUT2D eigenvalue weighted by atomic mass is 10.2. The molecule has 1 saturated heterocycles. The molecule has 1 aliphatic rings. The quantitative estimate of drug-likeness (QED) is 0.785. The van der Waals surface area contributed by atoms with Crippen molar-refractivity contribution in [1.82, 2.24) is 0 Å². The molecule has 22 heavy (non-hydrogen) atoms. The Balaban J connectivity index is 2.18. The number of hydrogen-bond donors (Lipinski definition) is 2. The van der Waals surface area contributed by atoms with Gasteiger partial charge in [-0.1, -0.05) is 11.6 Å². The molecule has 0 radical (unpaired) electrons. The molecule has 2 N–H and O–H groups in total. The number of aromatic hydroxyl groups is 1. The van der Waals surface area contributed by atoms with Crippen molar-refractivity contribution < 1.29 is 27.8 Å². The van der Waals surface area contributed by atoms with Crippen LogP contribution in [0.4, 0.5) is 5.69 Å². The summed E-state index contributed by atoms with van der Waals surface area (Å²) >= 11 is 5.95. The van der Waals surface area contributed by atoms with Gasteiger partial charge in [-0.3, -0.25) is 4.72 Å². The SMILES string of the molecule is COC(=O)c1cc(Cl)c(NS(=O)(=O)CC2CCCO2)cc1O. The Hall–Kier alpha value is -1.51. The molecule has 0 amide bonds. The number of sulfonamides is 1. The number of methoxy groups -OCH3 is 1. The van der Waals surface area contributed by atoms with Crippen molar-refractivity contribution in [2.45, 2.75) is 18.9 Å². The monoisotopic (exact) mass is 349 g/mol. The molecular formula is C13H16ClNO6S. The summed E-state index contributed by atoms with van der Waals surface area (Å²) < 4.78 is 36.2. The van der Waals surface area contributed by atoms with Crippen LogP contribution in [-0.2, 0) is 19.5 Å². The van der Waals surface area contributed by atoms with Gasteiger partial charge in [0.2, 0.25) is 10.0 Å². The highest BCUT2D eigenvalue weighted by Gasteiger charge is 2.24. The van der Waals surface area contributed by atoms with Gasteiger partial charge in [-0.15, -0.1) is 0 Å². The topological polar surface area (TPSA) is 102 Å². The Kier molecular flexibility index (Phi) is 5.15. The molecule has 1 heterocycles. The van der Waals surface area contributed by atoms with E-state index >= 15 is 0 Å². The zero-order valence-electron chi connectivity index (χ0n) is 11.8. The smallest absolute Gasteiger partial charge is 0.341 e. The maximum atomic E-state index is 12.1. The molecule has 1 aliphatic heterocycles. The van der Waals surface area contributed by atoms with Crippen LogP contribution < -0.4 is 4.72 Å². The van der Waals surface area contributed by atoms with Gasteiger partial charge in [0, 0.05) is 12.7 Å². The maximum Gasteiger partial charge on any atom is 0.341 e. The summed E-state index contributed by atoms with van der Waals surface area (Å²) in [7, 11) is -2.52. The number of phenolic OH excluding ortho intramolecular Hbond substituents is 1. The second-order valence-corrected chi connectivity index (χ2v) is 7.03. The Morgan fingerprint density at radius 3 is 2.86 bits per heavy atom. The Labute approximate surface area is 133 Å². The Bertz CT molecular complexity index is 669. The van der Waals surface area contributed by atoms with E-state index in [1.165, 1.54) is 0 Å². The number of phenols is 1. The minimum atomic E-state index is -3.68. The molecule has 0 spiro atoms. The molecule has 1 aromatic carbocycles. The molecule has 7 nitrogen and oxygen atoms in total. The first-order valence-electron chi connectivity index (χ1n) is 6.55. The molecular weight excluding hydrogens is 334 g/mol. The van der Waals surface area contributed by atoms with Crippen molar-refractivity contribution in [1.29, 1.82) is 0 Å². The standard InChI is InChI=1S/C13H16ClNO6S/c1-20-13(17)9-5-10(14)11(6-12(9)16)15-22(18,19)7-8-3-2-4-21-8/h5-6,8,15-16H,2-4,7H2,1H3. The van der Waals surface area contributed by atoms with Gasteiger partial charge in [-0.05, 0) is 18.9 Å². The number of ether oxygens (including phenoxy) is 2. The van der Waals surface area contributed by atoms with E-state index in [0.29, 0.717) is 13.0 Å². The Morgan fingerprint density at radius 1 is 1.55 bits per heavy atom. The van der Waals surface area contributed by atoms with Gasteiger partial charge < -0.3 is 14.6 Å². The van der Waals surface area contributed by atoms with E-state index in [2.05, 4.69) is 9.46 Å². The zero-order chi connectivity index (χ0) is 16.3. The minimum absolute atomic E-state index is 0.00943. The highest BCUT2D eigenvalue weighted by Crippen LogP contribution is 2.31. The highest BCUT2D eigenvalue weighted by atomic mass is 35.5. The third-order valence-corrected chi connectivity index (χ3v) is 4.84. The van der Waals surface area contributed by atoms with Gasteiger partial charge in [0.25, 0.3) is 0 Å². The van der Waals surface area contributed by atoms with Gasteiger partial charge in [0.05, 0.1) is 29.7 Å². The fourth-order valence-electron chi connectivity index (χ4n) is 2.14. The molecule has 122 valence electrons. The molecule has 0 saturated carbocycles. The first-order chi connectivity index (χ1) is 10.3. The van der Waals surface area contributed by atoms with Crippen LogP contribution in [0.3, 0.4) is 0 Å². The lowest BCUT2D eigenvalue weighted by molar-refractivity contribution is 0.0597. The molecule has 1 aromatic rings. The summed E-state index contributed by atoms with van der Waals surface area (Å²) in [5.74, 6) is -1.39. The fraction of sp³-hybridized carbons (Fsp3) is 0.462. The first kappa shape index (κ1) is 16.9. The van der Waals surface area contributed by atoms with Crippen LogP contribution in [-0.4, -0.2) is 45.1 Å². The number of esters is 1. The lowest BCUT2D eigenvalue weighted by Gasteiger charge is -2.14. The van der Waals surface area contributed by atoms with Crippen LogP contribution in [0.1, 0.15) is 23.2 Å². The highest BCUT2D eigenvalue weighted by molar-refractivity contribution is 7.92. The van der Waals surface area contributed by atoms with E-state index in [9.17, 15) is 18.3 Å². The summed E-state index contributed by atoms with van der Waals surface area (Å²) in [5.41, 5.74) is -0.153. The number of carbonyl (C=O) groups excluding carboxylic acids is 1. The van der Waals surface area contributed by atoms with Gasteiger partial charge in [0.1, 0.15) is 11.3 Å². The average Bonchev–Trinajstić information content (AvgIpc) is 2.93. The summed E-state index contributed by atoms with van der Waals surface area (Å²) in [6, 6.07) is 2.22. The number of hydrogen-bond acceptors (Lipinski definition) is 6. The molecule has 0 aliphatic carbocycles. The third kappa shape index (κ3) is 4.02. The van der Waals surface area contributed by atoms with Gasteiger partial charge in [0.15, 0.2) is 0 Å². The predicted molar refractivity (Wildman–Crippen MR) is 80.8 cm³/mol. The average molecular weight is 350 g/mol. The van der Waals surface area contributed by atoms with Gasteiger partial charge in [-0.25, -0.2) is 13.2 Å². The molecule has 0 aromatic heterocycles. The molecule has 1 fully saturated rings. The summed E-state index contributed by atoms with van der Waals surface area (Å²) in [5, 5.41) is 9.76. The van der Waals surface area contributed by atoms with Gasteiger partial charge in [-0.2, -0.15) is 0 Å². The molecule has 9 heteroatoms. The normalized spacial score (nSPS) is 18.2. The number of nitrogens with one attached hydrogen (secondary N) is 1. The number of halogens is 1. The van der Waals surface area contributed by atoms with Crippen LogP contribution in [0, 0.1) is 0 Å². The Morgan fingerprint density at radius 2 is 2.27 bits per heavy atom. The number of carbonyl (C=O) groups is 1. The first-order valence-corrected chi connectivity index (χ1v) is 8.58. The predicted octanol–water partition coefficient (Wildman–Crippen LogP) is 1.75. The van der Waals surface area contributed by atoms with Crippen molar-refractivity contribution in [2.24, 2.45) is 0 Å². The summed E-state index contributed by atoms with van der Waals surface area (Å²) in [4.78, 5) is 11.4. The second kappa shape index (κ2) is 6.72. The summed E-state index contributed by atoms with van der Waals surface area (Å²) in [6.45, 7) is 0.551. The molecule has 0 bridgehead atoms. The molecule has 1 atom stereocenters. The molecule has 2 rings (SSSR count). The van der Waals surface area contributed by atoms with Crippen molar-refractivity contribution in [3.63, 3.8) is 0 Å². The fourth-order valence-corrected chi connectivity index (χ4v) is 3.75.